The van der Waals surface area contributed by atoms with Gasteiger partial charge in [0.15, 0.2) is 0 Å². The summed E-state index contributed by atoms with van der Waals surface area (Å²) in [6.45, 7) is 3.67. The number of rotatable bonds is 5. The molecule has 2 aromatic rings. The van der Waals surface area contributed by atoms with Crippen molar-refractivity contribution in [1.82, 2.24) is 9.71 Å². The molecule has 6 heteroatoms. The van der Waals surface area contributed by atoms with Crippen LogP contribution in [0.4, 0.5) is 0 Å². The molecule has 0 fully saturated rings. The average molecular weight is 306 g/mol. The Morgan fingerprint density at radius 1 is 1.29 bits per heavy atom. The lowest BCUT2D eigenvalue weighted by Gasteiger charge is -2.12. The highest BCUT2D eigenvalue weighted by molar-refractivity contribution is 7.90. The Labute approximate surface area is 124 Å². The van der Waals surface area contributed by atoms with Crippen molar-refractivity contribution in [1.29, 1.82) is 0 Å². The van der Waals surface area contributed by atoms with Gasteiger partial charge in [0, 0.05) is 17.5 Å². The minimum absolute atomic E-state index is 0.0256. The fourth-order valence-electron chi connectivity index (χ4n) is 2.15. The van der Waals surface area contributed by atoms with Gasteiger partial charge in [0.05, 0.1) is 5.52 Å². The molecule has 1 amide bonds. The summed E-state index contributed by atoms with van der Waals surface area (Å²) >= 11 is 0. The van der Waals surface area contributed by atoms with Gasteiger partial charge in [-0.3, -0.25) is 9.78 Å². The SMILES string of the molecule is CCCC(C)C(=O)NS(=O)(=O)c1cccc2cccnc12. The van der Waals surface area contributed by atoms with E-state index in [0.29, 0.717) is 11.9 Å². The van der Waals surface area contributed by atoms with Gasteiger partial charge in [0.2, 0.25) is 5.91 Å². The zero-order valence-corrected chi connectivity index (χ0v) is 12.9. The summed E-state index contributed by atoms with van der Waals surface area (Å²) in [4.78, 5) is 16.1. The number of carbonyl (C=O) groups excluding carboxylic acids is 1. The van der Waals surface area contributed by atoms with Crippen LogP contribution in [-0.4, -0.2) is 19.3 Å². The van der Waals surface area contributed by atoms with Gasteiger partial charge in [-0.1, -0.05) is 38.5 Å². The Morgan fingerprint density at radius 3 is 2.71 bits per heavy atom. The standard InChI is InChI=1S/C15H18N2O3S/c1-3-6-11(2)15(18)17-21(19,20)13-9-4-7-12-8-5-10-16-14(12)13/h4-5,7-11H,3,6H2,1-2H3,(H,17,18). The smallest absolute Gasteiger partial charge is 0.266 e. The first-order valence-corrected chi connectivity index (χ1v) is 8.34. The number of sulfonamides is 1. The number of nitrogens with zero attached hydrogens (tertiary/aromatic N) is 1. The second kappa shape index (κ2) is 6.22. The second-order valence-corrected chi connectivity index (χ2v) is 6.64. The number of aromatic nitrogens is 1. The Kier molecular flexibility index (Phi) is 4.57. The molecule has 5 nitrogen and oxygen atoms in total. The molecule has 1 heterocycles. The third-order valence-electron chi connectivity index (χ3n) is 3.29. The molecule has 0 bridgehead atoms. The van der Waals surface area contributed by atoms with E-state index in [-0.39, 0.29) is 10.8 Å². The van der Waals surface area contributed by atoms with E-state index in [0.717, 1.165) is 11.8 Å². The number of hydrogen-bond acceptors (Lipinski definition) is 4. The van der Waals surface area contributed by atoms with Crippen LogP contribution in [0.25, 0.3) is 10.9 Å². The summed E-state index contributed by atoms with van der Waals surface area (Å²) in [5, 5.41) is 0.717. The lowest BCUT2D eigenvalue weighted by atomic mass is 10.1. The molecule has 0 aliphatic heterocycles. The van der Waals surface area contributed by atoms with Crippen LogP contribution in [-0.2, 0) is 14.8 Å². The molecule has 2 rings (SSSR count). The van der Waals surface area contributed by atoms with Crippen molar-refractivity contribution in [3.8, 4) is 0 Å². The largest absolute Gasteiger partial charge is 0.274 e. The van der Waals surface area contributed by atoms with E-state index in [9.17, 15) is 13.2 Å². The van der Waals surface area contributed by atoms with Gasteiger partial charge in [0.25, 0.3) is 10.0 Å². The number of para-hydroxylation sites is 1. The first-order chi connectivity index (χ1) is 9.95. The summed E-state index contributed by atoms with van der Waals surface area (Å²) in [5.74, 6) is -0.822. The minimum Gasteiger partial charge on any atom is -0.274 e. The van der Waals surface area contributed by atoms with Crippen LogP contribution in [0, 0.1) is 5.92 Å². The van der Waals surface area contributed by atoms with Gasteiger partial charge in [-0.05, 0) is 18.6 Å². The molecule has 1 N–H and O–H groups in total. The van der Waals surface area contributed by atoms with Crippen LogP contribution in [0.15, 0.2) is 41.4 Å². The van der Waals surface area contributed by atoms with E-state index in [2.05, 4.69) is 9.71 Å². The molecule has 0 radical (unpaired) electrons. The number of pyridine rings is 1. The van der Waals surface area contributed by atoms with Gasteiger partial charge >= 0.3 is 0 Å². The van der Waals surface area contributed by atoms with E-state index >= 15 is 0 Å². The quantitative estimate of drug-likeness (QED) is 0.920. The zero-order valence-electron chi connectivity index (χ0n) is 12.0. The fourth-order valence-corrected chi connectivity index (χ4v) is 3.40. The van der Waals surface area contributed by atoms with Crippen LogP contribution in [0.5, 0.6) is 0 Å². The van der Waals surface area contributed by atoms with E-state index in [1.165, 1.54) is 12.3 Å². The normalized spacial score (nSPS) is 13.0. The third kappa shape index (κ3) is 3.39. The number of nitrogens with one attached hydrogen (secondary N) is 1. The maximum absolute atomic E-state index is 12.4. The summed E-state index contributed by atoms with van der Waals surface area (Å²) in [7, 11) is -3.91. The molecule has 1 unspecified atom stereocenters. The second-order valence-electron chi connectivity index (χ2n) is 4.99. The van der Waals surface area contributed by atoms with E-state index < -0.39 is 15.9 Å². The van der Waals surface area contributed by atoms with Crippen LogP contribution in [0.3, 0.4) is 0 Å². The van der Waals surface area contributed by atoms with Crippen molar-refractivity contribution in [3.63, 3.8) is 0 Å². The zero-order chi connectivity index (χ0) is 15.5. The van der Waals surface area contributed by atoms with Crippen molar-refractivity contribution < 1.29 is 13.2 Å². The van der Waals surface area contributed by atoms with Crippen LogP contribution in [0.2, 0.25) is 0 Å². The Morgan fingerprint density at radius 2 is 2.00 bits per heavy atom. The average Bonchev–Trinajstić information content (AvgIpc) is 2.46. The van der Waals surface area contributed by atoms with Gasteiger partial charge < -0.3 is 0 Å². The Bertz CT molecular complexity index is 751. The summed E-state index contributed by atoms with van der Waals surface area (Å²) in [6, 6.07) is 8.39. The van der Waals surface area contributed by atoms with Crippen molar-refractivity contribution >= 4 is 26.8 Å². The molecule has 1 aromatic heterocycles. The van der Waals surface area contributed by atoms with Gasteiger partial charge in [-0.15, -0.1) is 0 Å². The van der Waals surface area contributed by atoms with Crippen LogP contribution >= 0.6 is 0 Å². The lowest BCUT2D eigenvalue weighted by Crippen LogP contribution is -2.34. The Balaban J connectivity index is 2.37. The fraction of sp³-hybridized carbons (Fsp3) is 0.333. The highest BCUT2D eigenvalue weighted by Crippen LogP contribution is 2.20. The number of hydrogen-bond donors (Lipinski definition) is 1. The molecule has 0 aliphatic rings. The number of carbonyl (C=O) groups is 1. The third-order valence-corrected chi connectivity index (χ3v) is 4.67. The topological polar surface area (TPSA) is 76.1 Å². The first kappa shape index (κ1) is 15.4. The molecule has 21 heavy (non-hydrogen) atoms. The monoisotopic (exact) mass is 306 g/mol. The van der Waals surface area contributed by atoms with E-state index in [4.69, 9.17) is 0 Å². The lowest BCUT2D eigenvalue weighted by molar-refractivity contribution is -0.122. The molecule has 0 saturated heterocycles. The molecule has 0 aliphatic carbocycles. The van der Waals surface area contributed by atoms with Crippen LogP contribution < -0.4 is 4.72 Å². The number of fused-ring (bicyclic) bond motifs is 1. The van der Waals surface area contributed by atoms with E-state index in [1.807, 2.05) is 6.92 Å². The molecule has 0 saturated carbocycles. The highest BCUT2D eigenvalue weighted by Gasteiger charge is 2.23. The first-order valence-electron chi connectivity index (χ1n) is 6.86. The van der Waals surface area contributed by atoms with Crippen molar-refractivity contribution in [2.24, 2.45) is 5.92 Å². The molecular formula is C15H18N2O3S. The van der Waals surface area contributed by atoms with Crippen LogP contribution in [0.1, 0.15) is 26.7 Å². The number of benzene rings is 1. The minimum atomic E-state index is -3.91. The van der Waals surface area contributed by atoms with Crippen molar-refractivity contribution in [2.75, 3.05) is 0 Å². The maximum Gasteiger partial charge on any atom is 0.266 e. The molecular weight excluding hydrogens is 288 g/mol. The summed E-state index contributed by atoms with van der Waals surface area (Å²) < 4.78 is 26.9. The van der Waals surface area contributed by atoms with Crippen molar-refractivity contribution in [2.45, 2.75) is 31.6 Å². The van der Waals surface area contributed by atoms with Gasteiger partial charge in [-0.25, -0.2) is 13.1 Å². The summed E-state index contributed by atoms with van der Waals surface area (Å²) in [6.07, 6.45) is 3.00. The number of amides is 1. The Hall–Kier alpha value is -1.95. The highest BCUT2D eigenvalue weighted by atomic mass is 32.2. The predicted octanol–water partition coefficient (Wildman–Crippen LogP) is 2.48. The molecule has 112 valence electrons. The maximum atomic E-state index is 12.4. The molecule has 1 atom stereocenters. The predicted molar refractivity (Wildman–Crippen MR) is 81.1 cm³/mol. The van der Waals surface area contributed by atoms with E-state index in [1.54, 1.807) is 31.2 Å². The van der Waals surface area contributed by atoms with Gasteiger partial charge in [-0.2, -0.15) is 0 Å². The molecule has 0 spiro atoms. The molecule has 1 aromatic carbocycles. The van der Waals surface area contributed by atoms with Crippen molar-refractivity contribution in [3.05, 3.63) is 36.5 Å². The van der Waals surface area contributed by atoms with Gasteiger partial charge in [0.1, 0.15) is 4.90 Å². The summed E-state index contributed by atoms with van der Waals surface area (Å²) in [5.41, 5.74) is 0.364.